The van der Waals surface area contributed by atoms with Crippen molar-refractivity contribution in [1.82, 2.24) is 14.9 Å². The van der Waals surface area contributed by atoms with Gasteiger partial charge in [0.2, 0.25) is 0 Å². The summed E-state index contributed by atoms with van der Waals surface area (Å²) in [4.78, 5) is 23.7. The van der Waals surface area contributed by atoms with Gasteiger partial charge in [-0.25, -0.2) is 14.4 Å². The number of nitrogens with zero attached hydrogens (tertiary/aromatic N) is 5. The van der Waals surface area contributed by atoms with Crippen molar-refractivity contribution < 1.29 is 23.8 Å². The minimum atomic E-state index is -0.633. The van der Waals surface area contributed by atoms with E-state index in [4.69, 9.17) is 9.47 Å². The Kier molecular flexibility index (Phi) is 5.28. The molecule has 0 bridgehead atoms. The molecule has 1 unspecified atom stereocenters. The normalized spacial score (nSPS) is 18.2. The number of aromatic nitrogens is 2. The second kappa shape index (κ2) is 8.39. The first-order chi connectivity index (χ1) is 15.6. The molecule has 3 aromatic rings. The van der Waals surface area contributed by atoms with Crippen molar-refractivity contribution in [3.05, 3.63) is 59.7 Å². The van der Waals surface area contributed by atoms with Crippen LogP contribution < -0.4 is 5.01 Å². The van der Waals surface area contributed by atoms with Gasteiger partial charge in [0.1, 0.15) is 17.0 Å². The molecule has 2 aromatic heterocycles. The number of fused-ring (bicyclic) bond motifs is 1. The van der Waals surface area contributed by atoms with E-state index in [2.05, 4.69) is 15.1 Å². The highest BCUT2D eigenvalue weighted by Gasteiger charge is 2.32. The van der Waals surface area contributed by atoms with Gasteiger partial charge in [0.25, 0.3) is 5.91 Å². The molecule has 2 aliphatic rings. The van der Waals surface area contributed by atoms with Gasteiger partial charge in [0, 0.05) is 31.1 Å². The highest BCUT2D eigenvalue weighted by Crippen LogP contribution is 2.36. The third kappa shape index (κ3) is 3.69. The van der Waals surface area contributed by atoms with Gasteiger partial charge in [-0.2, -0.15) is 0 Å². The molecule has 0 spiro atoms. The molecule has 1 aromatic carbocycles. The van der Waals surface area contributed by atoms with E-state index in [9.17, 15) is 14.3 Å². The highest BCUT2D eigenvalue weighted by molar-refractivity contribution is 6.07. The predicted octanol–water partition coefficient (Wildman–Crippen LogP) is 2.30. The Hall–Kier alpha value is -3.79. The molecule has 0 radical (unpaired) electrons. The molecule has 1 atom stereocenters. The van der Waals surface area contributed by atoms with Crippen LogP contribution in [0.5, 0.6) is 5.75 Å². The summed E-state index contributed by atoms with van der Waals surface area (Å²) in [7, 11) is 0. The summed E-state index contributed by atoms with van der Waals surface area (Å²) in [5, 5.41) is 17.0. The van der Waals surface area contributed by atoms with Crippen LogP contribution in [0.2, 0.25) is 0 Å². The first-order valence-electron chi connectivity index (χ1n) is 10.2. The van der Waals surface area contributed by atoms with Crippen LogP contribution in [0.1, 0.15) is 16.1 Å². The fraction of sp³-hybridized carbons (Fsp3) is 0.273. The Balaban J connectivity index is 1.54. The number of carbonyl (C=O) groups is 1. The van der Waals surface area contributed by atoms with Crippen LogP contribution in [-0.4, -0.2) is 64.8 Å². The zero-order valence-electron chi connectivity index (χ0n) is 17.0. The van der Waals surface area contributed by atoms with Gasteiger partial charge in [-0.05, 0) is 29.8 Å². The Bertz CT molecular complexity index is 1180. The van der Waals surface area contributed by atoms with E-state index in [-0.39, 0.29) is 34.5 Å². The predicted molar refractivity (Wildman–Crippen MR) is 114 cm³/mol. The molecular formula is C22H20FN5O4. The molecule has 5 rings (SSSR count). The standard InChI is InChI=1S/C22H20FN5O4/c23-15-5-3-14(4-6-15)12-17-28(25-13-32-17)21-20(29)18-16(2-1-7-24-18)19(26-21)22(30)27-8-10-31-11-9-27/h1-7,13,17,29H,8-12H2. The van der Waals surface area contributed by atoms with Crippen molar-refractivity contribution in [2.75, 3.05) is 31.3 Å². The molecule has 32 heavy (non-hydrogen) atoms. The van der Waals surface area contributed by atoms with Crippen LogP contribution in [0, 0.1) is 5.82 Å². The summed E-state index contributed by atoms with van der Waals surface area (Å²) in [5.74, 6) is -0.744. The molecule has 9 nitrogen and oxygen atoms in total. The average Bonchev–Trinajstić information content (AvgIpc) is 3.29. The second-order valence-electron chi connectivity index (χ2n) is 7.42. The van der Waals surface area contributed by atoms with E-state index >= 15 is 0 Å². The number of aromatic hydroxyl groups is 1. The minimum absolute atomic E-state index is 0.0636. The quantitative estimate of drug-likeness (QED) is 0.668. The lowest BCUT2D eigenvalue weighted by Gasteiger charge is -2.28. The van der Waals surface area contributed by atoms with Gasteiger partial charge in [-0.1, -0.05) is 12.1 Å². The third-order valence-electron chi connectivity index (χ3n) is 5.42. The number of ether oxygens (including phenoxy) is 2. The number of rotatable bonds is 4. The SMILES string of the molecule is O=C(c1nc(N2N=COC2Cc2ccc(F)cc2)c(O)c2ncccc12)N1CCOCC1. The monoisotopic (exact) mass is 437 g/mol. The van der Waals surface area contributed by atoms with Gasteiger partial charge >= 0.3 is 0 Å². The van der Waals surface area contributed by atoms with Gasteiger partial charge in [-0.3, -0.25) is 9.78 Å². The maximum absolute atomic E-state index is 13.3. The number of hydrogen-bond acceptors (Lipinski definition) is 8. The molecule has 0 saturated carbocycles. The van der Waals surface area contributed by atoms with Gasteiger partial charge in [-0.15, -0.1) is 5.10 Å². The zero-order valence-corrected chi connectivity index (χ0v) is 17.0. The number of amides is 1. The maximum Gasteiger partial charge on any atom is 0.273 e. The lowest BCUT2D eigenvalue weighted by Crippen LogP contribution is -2.41. The van der Waals surface area contributed by atoms with Crippen LogP contribution in [0.3, 0.4) is 0 Å². The molecule has 10 heteroatoms. The third-order valence-corrected chi connectivity index (χ3v) is 5.42. The number of benzene rings is 1. The van der Waals surface area contributed by atoms with E-state index in [0.29, 0.717) is 38.1 Å². The number of hydrogen-bond donors (Lipinski definition) is 1. The van der Waals surface area contributed by atoms with Crippen molar-refractivity contribution in [3.63, 3.8) is 0 Å². The fourth-order valence-corrected chi connectivity index (χ4v) is 3.78. The molecule has 1 saturated heterocycles. The Morgan fingerprint density at radius 2 is 1.97 bits per heavy atom. The van der Waals surface area contributed by atoms with Crippen LogP contribution in [0.15, 0.2) is 47.7 Å². The molecule has 0 aliphatic carbocycles. The summed E-state index contributed by atoms with van der Waals surface area (Å²) in [6.07, 6.45) is 2.51. The molecule has 164 valence electrons. The number of morpholine rings is 1. The molecular weight excluding hydrogens is 417 g/mol. The van der Waals surface area contributed by atoms with Crippen LogP contribution in [0.25, 0.3) is 10.9 Å². The van der Waals surface area contributed by atoms with Crippen LogP contribution in [0.4, 0.5) is 10.2 Å². The average molecular weight is 437 g/mol. The lowest BCUT2D eigenvalue weighted by molar-refractivity contribution is 0.0300. The number of pyridine rings is 2. The molecule has 4 heterocycles. The van der Waals surface area contributed by atoms with E-state index in [1.807, 2.05) is 0 Å². The maximum atomic E-state index is 13.3. The van der Waals surface area contributed by atoms with Crippen molar-refractivity contribution in [2.24, 2.45) is 5.10 Å². The van der Waals surface area contributed by atoms with Gasteiger partial charge in [0.05, 0.1) is 13.2 Å². The van der Waals surface area contributed by atoms with Crippen LogP contribution in [-0.2, 0) is 15.9 Å². The molecule has 1 N–H and O–H groups in total. The number of halogens is 1. The molecule has 1 amide bonds. The summed E-state index contributed by atoms with van der Waals surface area (Å²) in [5.41, 5.74) is 1.23. The lowest BCUT2D eigenvalue weighted by atomic mass is 10.1. The van der Waals surface area contributed by atoms with Gasteiger partial charge in [0.15, 0.2) is 24.2 Å². The summed E-state index contributed by atoms with van der Waals surface area (Å²) in [6.45, 7) is 1.82. The van der Waals surface area contributed by atoms with Crippen molar-refractivity contribution in [1.29, 1.82) is 0 Å². The summed E-state index contributed by atoms with van der Waals surface area (Å²) >= 11 is 0. The van der Waals surface area contributed by atoms with E-state index < -0.39 is 6.23 Å². The van der Waals surface area contributed by atoms with Gasteiger partial charge < -0.3 is 19.5 Å². The smallest absolute Gasteiger partial charge is 0.273 e. The summed E-state index contributed by atoms with van der Waals surface area (Å²) in [6, 6.07) is 9.42. The Labute approximate surface area is 182 Å². The fourth-order valence-electron chi connectivity index (χ4n) is 3.78. The Morgan fingerprint density at radius 1 is 1.19 bits per heavy atom. The number of anilines is 1. The highest BCUT2D eigenvalue weighted by atomic mass is 19.1. The number of hydrazone groups is 1. The molecule has 1 fully saturated rings. The van der Waals surface area contributed by atoms with Crippen molar-refractivity contribution in [2.45, 2.75) is 12.6 Å². The van der Waals surface area contributed by atoms with Crippen LogP contribution >= 0.6 is 0 Å². The number of carbonyl (C=O) groups excluding carboxylic acids is 1. The topological polar surface area (TPSA) is 100 Å². The van der Waals surface area contributed by atoms with Crippen molar-refractivity contribution in [3.8, 4) is 5.75 Å². The van der Waals surface area contributed by atoms with E-state index in [1.165, 1.54) is 29.7 Å². The first kappa shape index (κ1) is 20.1. The first-order valence-corrected chi connectivity index (χ1v) is 10.2. The molecule has 2 aliphatic heterocycles. The second-order valence-corrected chi connectivity index (χ2v) is 7.42. The largest absolute Gasteiger partial charge is 0.503 e. The summed E-state index contributed by atoms with van der Waals surface area (Å²) < 4.78 is 24.2. The van der Waals surface area contributed by atoms with Crippen molar-refractivity contribution >= 4 is 29.0 Å². The minimum Gasteiger partial charge on any atom is -0.503 e. The zero-order chi connectivity index (χ0) is 22.1. The van der Waals surface area contributed by atoms with E-state index in [0.717, 1.165) is 5.56 Å². The van der Waals surface area contributed by atoms with E-state index in [1.54, 1.807) is 29.2 Å². The Morgan fingerprint density at radius 3 is 2.75 bits per heavy atom.